The smallest absolute Gasteiger partial charge is 0.363 e. The third kappa shape index (κ3) is 2.46. The zero-order valence-corrected chi connectivity index (χ0v) is 10.2. The van der Waals surface area contributed by atoms with Crippen molar-refractivity contribution in [2.24, 2.45) is 0 Å². The first-order chi connectivity index (χ1) is 10.1. The van der Waals surface area contributed by atoms with Gasteiger partial charge in [0.1, 0.15) is 5.56 Å². The molecule has 1 heterocycles. The topological polar surface area (TPSA) is 46.6 Å². The van der Waals surface area contributed by atoms with Gasteiger partial charge >= 0.3 is 6.18 Å². The van der Waals surface area contributed by atoms with Gasteiger partial charge in [-0.25, -0.2) is 8.78 Å². The van der Waals surface area contributed by atoms with E-state index >= 15 is 0 Å². The second kappa shape index (κ2) is 5.14. The van der Waals surface area contributed by atoms with Crippen LogP contribution in [0.3, 0.4) is 0 Å². The molecule has 0 aromatic heterocycles. The summed E-state index contributed by atoms with van der Waals surface area (Å²) in [6.07, 6.45) is -6.46. The first-order valence-electron chi connectivity index (χ1n) is 5.52. The molecule has 0 saturated carbocycles. The summed E-state index contributed by atoms with van der Waals surface area (Å²) in [6.45, 7) is 0. The quantitative estimate of drug-likeness (QED) is 0.476. The van der Waals surface area contributed by atoms with Crippen molar-refractivity contribution in [2.45, 2.75) is 19.0 Å². The van der Waals surface area contributed by atoms with Gasteiger partial charge in [0.05, 0.1) is 0 Å². The van der Waals surface area contributed by atoms with Crippen molar-refractivity contribution >= 4 is 11.8 Å². The van der Waals surface area contributed by atoms with Crippen molar-refractivity contribution in [3.63, 3.8) is 0 Å². The van der Waals surface area contributed by atoms with Crippen molar-refractivity contribution in [1.29, 1.82) is 0 Å². The van der Waals surface area contributed by atoms with E-state index in [1.165, 1.54) is 0 Å². The fourth-order valence-corrected chi connectivity index (χ4v) is 1.69. The number of rotatable bonds is 2. The molecular weight excluding hydrogens is 327 g/mol. The lowest BCUT2D eigenvalue weighted by Crippen LogP contribution is -2.33. The molecule has 1 saturated heterocycles. The number of hydrogen-bond acceptors (Lipinski definition) is 3. The molecule has 1 aliphatic heterocycles. The minimum Gasteiger partial charge on any atom is -0.363 e. The lowest BCUT2D eigenvalue weighted by atomic mass is 10.1. The van der Waals surface area contributed by atoms with Crippen LogP contribution in [0.15, 0.2) is 0 Å². The number of carbonyl (C=O) groups is 2. The average Bonchev–Trinajstić information content (AvgIpc) is 2.71. The highest BCUT2D eigenvalue weighted by Gasteiger charge is 2.44. The van der Waals surface area contributed by atoms with Crippen molar-refractivity contribution in [1.82, 2.24) is 5.06 Å². The van der Waals surface area contributed by atoms with E-state index in [1.54, 1.807) is 0 Å². The predicted molar refractivity (Wildman–Crippen MR) is 53.0 cm³/mol. The van der Waals surface area contributed by atoms with Gasteiger partial charge in [0.15, 0.2) is 11.6 Å². The maximum absolute atomic E-state index is 13.5. The van der Waals surface area contributed by atoms with Gasteiger partial charge in [-0.2, -0.15) is 22.0 Å². The number of halogens is 7. The largest absolute Gasteiger partial charge is 0.422 e. The Morgan fingerprint density at radius 1 is 0.818 bits per heavy atom. The molecule has 2 rings (SSSR count). The Labute approximate surface area is 117 Å². The van der Waals surface area contributed by atoms with E-state index in [-0.39, 0.29) is 17.9 Å². The molecule has 1 aromatic rings. The van der Waals surface area contributed by atoms with Crippen LogP contribution in [0.1, 0.15) is 18.4 Å². The van der Waals surface area contributed by atoms with Crippen LogP contribution in [-0.4, -0.2) is 16.9 Å². The maximum atomic E-state index is 13.5. The van der Waals surface area contributed by atoms with Crippen LogP contribution in [0.4, 0.5) is 30.7 Å². The van der Waals surface area contributed by atoms with Gasteiger partial charge in [0.25, 0.3) is 11.8 Å². The number of imide groups is 1. The molecule has 0 unspecified atom stereocenters. The average molecular weight is 331 g/mol. The number of hydrogen-bond donors (Lipinski definition) is 0. The Hall–Kier alpha value is -2.33. The van der Waals surface area contributed by atoms with Crippen molar-refractivity contribution in [3.8, 4) is 5.75 Å². The van der Waals surface area contributed by atoms with E-state index in [0.29, 0.717) is 0 Å². The van der Waals surface area contributed by atoms with Crippen LogP contribution in [-0.2, 0) is 15.8 Å². The SMILES string of the molecule is O=C1CCC(=O)N1Oc1c(F)c(F)c(C(F)(F)F)c(F)c1F. The third-order valence-corrected chi connectivity index (χ3v) is 2.69. The fraction of sp³-hybridized carbons (Fsp3) is 0.273. The van der Waals surface area contributed by atoms with Gasteiger partial charge in [-0.3, -0.25) is 9.59 Å². The molecule has 1 aliphatic rings. The van der Waals surface area contributed by atoms with E-state index in [4.69, 9.17) is 0 Å². The van der Waals surface area contributed by atoms with Crippen molar-refractivity contribution in [3.05, 3.63) is 28.8 Å². The van der Waals surface area contributed by atoms with Gasteiger partial charge in [0, 0.05) is 12.8 Å². The first-order valence-corrected chi connectivity index (χ1v) is 5.52. The first kappa shape index (κ1) is 16.0. The lowest BCUT2D eigenvalue weighted by molar-refractivity contribution is -0.165. The summed E-state index contributed by atoms with van der Waals surface area (Å²) in [5.41, 5.74) is -2.78. The van der Waals surface area contributed by atoms with Crippen LogP contribution in [0, 0.1) is 23.3 Å². The lowest BCUT2D eigenvalue weighted by Gasteiger charge is -2.17. The Bertz CT molecular complexity index is 626. The second-order valence-corrected chi connectivity index (χ2v) is 4.13. The Morgan fingerprint density at radius 2 is 1.23 bits per heavy atom. The Morgan fingerprint density at radius 3 is 1.59 bits per heavy atom. The van der Waals surface area contributed by atoms with Gasteiger partial charge < -0.3 is 4.84 Å². The zero-order chi connectivity index (χ0) is 16.8. The molecule has 1 fully saturated rings. The van der Waals surface area contributed by atoms with E-state index in [0.717, 1.165) is 0 Å². The monoisotopic (exact) mass is 331 g/mol. The molecule has 0 bridgehead atoms. The number of amides is 2. The van der Waals surface area contributed by atoms with Crippen molar-refractivity contribution in [2.75, 3.05) is 0 Å². The second-order valence-electron chi connectivity index (χ2n) is 4.13. The van der Waals surface area contributed by atoms with E-state index < -0.39 is 52.6 Å². The van der Waals surface area contributed by atoms with Crippen molar-refractivity contribution < 1.29 is 45.2 Å². The molecule has 0 atom stereocenters. The molecule has 120 valence electrons. The third-order valence-electron chi connectivity index (χ3n) is 2.69. The highest BCUT2D eigenvalue weighted by Crippen LogP contribution is 2.39. The number of alkyl halides is 3. The van der Waals surface area contributed by atoms with Crippen LogP contribution >= 0.6 is 0 Å². The van der Waals surface area contributed by atoms with Gasteiger partial charge in [-0.1, -0.05) is 0 Å². The molecule has 0 N–H and O–H groups in total. The minimum atomic E-state index is -5.70. The van der Waals surface area contributed by atoms with Crippen LogP contribution in [0.2, 0.25) is 0 Å². The summed E-state index contributed by atoms with van der Waals surface area (Å²) in [6, 6.07) is 0. The summed E-state index contributed by atoms with van der Waals surface area (Å²) < 4.78 is 90.6. The maximum Gasteiger partial charge on any atom is 0.422 e. The highest BCUT2D eigenvalue weighted by molar-refractivity contribution is 6.00. The van der Waals surface area contributed by atoms with Crippen LogP contribution in [0.5, 0.6) is 5.75 Å². The summed E-state index contributed by atoms with van der Waals surface area (Å²) in [7, 11) is 0. The Kier molecular flexibility index (Phi) is 3.75. The summed E-state index contributed by atoms with van der Waals surface area (Å²) in [5.74, 6) is -14.6. The number of carbonyl (C=O) groups excluding carboxylic acids is 2. The number of benzene rings is 1. The highest BCUT2D eigenvalue weighted by atomic mass is 19.4. The van der Waals surface area contributed by atoms with E-state index in [1.807, 2.05) is 0 Å². The fourth-order valence-electron chi connectivity index (χ4n) is 1.69. The van der Waals surface area contributed by atoms with Crippen LogP contribution < -0.4 is 4.84 Å². The normalized spacial score (nSPS) is 15.7. The predicted octanol–water partition coefficient (Wildman–Crippen LogP) is 2.70. The Balaban J connectivity index is 2.55. The molecule has 0 radical (unpaired) electrons. The van der Waals surface area contributed by atoms with E-state index in [9.17, 15) is 40.3 Å². The molecule has 4 nitrogen and oxygen atoms in total. The zero-order valence-electron chi connectivity index (χ0n) is 10.2. The summed E-state index contributed by atoms with van der Waals surface area (Å²) in [5, 5.41) is -0.173. The minimum absolute atomic E-state index is 0.173. The molecule has 22 heavy (non-hydrogen) atoms. The number of hydroxylamine groups is 2. The molecular formula is C11H4F7NO3. The standard InChI is InChI=1S/C11H4F7NO3/c12-6-5(11(16,17)18)7(13)9(15)10(8(6)14)22-19-3(20)1-2-4(19)21/h1-2H2. The van der Waals surface area contributed by atoms with Gasteiger partial charge in [0.2, 0.25) is 17.4 Å². The summed E-state index contributed by atoms with van der Waals surface area (Å²) in [4.78, 5) is 26.5. The van der Waals surface area contributed by atoms with Crippen LogP contribution in [0.25, 0.3) is 0 Å². The molecule has 2 amide bonds. The number of nitrogens with zero attached hydrogens (tertiary/aromatic N) is 1. The molecule has 11 heteroatoms. The van der Waals surface area contributed by atoms with Gasteiger partial charge in [-0.15, -0.1) is 5.06 Å². The molecule has 0 aliphatic carbocycles. The summed E-state index contributed by atoms with van der Waals surface area (Å²) >= 11 is 0. The van der Waals surface area contributed by atoms with E-state index in [2.05, 4.69) is 4.84 Å². The van der Waals surface area contributed by atoms with Gasteiger partial charge in [-0.05, 0) is 0 Å². The molecule has 1 aromatic carbocycles. The molecule has 0 spiro atoms.